The lowest BCUT2D eigenvalue weighted by Gasteiger charge is -2.24. The Hall–Kier alpha value is -1.29. The van der Waals surface area contributed by atoms with Gasteiger partial charge in [0.2, 0.25) is 6.29 Å². The average molecular weight is 339 g/mol. The van der Waals surface area contributed by atoms with Crippen molar-refractivity contribution in [1.29, 1.82) is 0 Å². The average Bonchev–Trinajstić information content (AvgIpc) is 2.78. The molecule has 11 heteroatoms. The lowest BCUT2D eigenvalue weighted by Crippen LogP contribution is -2.37. The molecule has 1 heterocycles. The summed E-state index contributed by atoms with van der Waals surface area (Å²) < 4.78 is 27.7. The van der Waals surface area contributed by atoms with Crippen molar-refractivity contribution in [1.82, 2.24) is 9.55 Å². The predicted molar refractivity (Wildman–Crippen MR) is 75.3 cm³/mol. The van der Waals surface area contributed by atoms with E-state index in [1.807, 2.05) is 21.1 Å². The molecule has 0 aromatic carbocycles. The van der Waals surface area contributed by atoms with E-state index in [1.54, 1.807) is 0 Å². The molecule has 22 heavy (non-hydrogen) atoms. The van der Waals surface area contributed by atoms with Gasteiger partial charge in [0.05, 0.1) is 21.1 Å². The highest BCUT2D eigenvalue weighted by Gasteiger charge is 2.27. The highest BCUT2D eigenvalue weighted by Crippen LogP contribution is 2.44. The van der Waals surface area contributed by atoms with Crippen LogP contribution in [0, 0.1) is 0 Å². The molecule has 0 spiro atoms. The standard InChI is InChI=1S/C11H20N3O6P.H2O/c1-10(19-11(15)13-6-5-12-9-13)20-21(16,17)18-8-7-14(2,3)4;/h5-6,9-10H,7-8H2,1-4H3;1H2. The van der Waals surface area contributed by atoms with Gasteiger partial charge in [-0.05, 0) is 6.92 Å². The van der Waals surface area contributed by atoms with Gasteiger partial charge in [-0.1, -0.05) is 0 Å². The molecule has 0 fully saturated rings. The fourth-order valence-electron chi connectivity index (χ4n) is 1.24. The number of rotatable bonds is 7. The molecule has 1 rings (SSSR count). The van der Waals surface area contributed by atoms with Gasteiger partial charge >= 0.3 is 13.9 Å². The van der Waals surface area contributed by atoms with Gasteiger partial charge in [-0.15, -0.1) is 0 Å². The van der Waals surface area contributed by atoms with Crippen LogP contribution in [0.2, 0.25) is 0 Å². The van der Waals surface area contributed by atoms with E-state index in [9.17, 15) is 14.3 Å². The molecule has 2 atom stereocenters. The van der Waals surface area contributed by atoms with Crippen LogP contribution >= 0.6 is 7.82 Å². The Bertz CT molecular complexity index is 500. The van der Waals surface area contributed by atoms with Crippen LogP contribution in [0.15, 0.2) is 18.7 Å². The lowest BCUT2D eigenvalue weighted by molar-refractivity contribution is -0.870. The summed E-state index contributed by atoms with van der Waals surface area (Å²) in [4.78, 5) is 24.8. The van der Waals surface area contributed by atoms with Crippen LogP contribution in [0.25, 0.3) is 0 Å². The van der Waals surface area contributed by atoms with Gasteiger partial charge in [0.1, 0.15) is 19.5 Å². The van der Waals surface area contributed by atoms with Crippen LogP contribution in [0.4, 0.5) is 4.79 Å². The van der Waals surface area contributed by atoms with E-state index in [0.717, 1.165) is 4.57 Å². The number of imidazole rings is 1. The van der Waals surface area contributed by atoms with Gasteiger partial charge in [-0.3, -0.25) is 4.52 Å². The number of phosphoric acid groups is 1. The monoisotopic (exact) mass is 339 g/mol. The third kappa shape index (κ3) is 8.23. The van der Waals surface area contributed by atoms with E-state index >= 15 is 0 Å². The predicted octanol–water partition coefficient (Wildman–Crippen LogP) is 0.877. The fourth-order valence-corrected chi connectivity index (χ4v) is 2.03. The Morgan fingerprint density at radius 2 is 2.09 bits per heavy atom. The molecule has 0 aliphatic rings. The molecule has 2 N–H and O–H groups in total. The molecule has 0 saturated heterocycles. The molecule has 0 bridgehead atoms. The minimum absolute atomic E-state index is 0. The Morgan fingerprint density at radius 3 is 2.59 bits per heavy atom. The Labute approximate surface area is 128 Å². The quantitative estimate of drug-likeness (QED) is 0.440. The van der Waals surface area contributed by atoms with Crippen molar-refractivity contribution >= 4 is 13.9 Å². The molecule has 1 aromatic rings. The fraction of sp³-hybridized carbons (Fsp3) is 0.636. The number of carbonyl (C=O) groups excluding carboxylic acids is 1. The Morgan fingerprint density at radius 1 is 1.45 bits per heavy atom. The first-order valence-electron chi connectivity index (χ1n) is 6.24. The SMILES string of the molecule is CC(OC(=O)n1ccnc1)OP(=O)(O)OCC[N+](C)(C)C.[OH-]. The molecule has 2 unspecified atom stereocenters. The maximum atomic E-state index is 11.7. The zero-order valence-corrected chi connectivity index (χ0v) is 13.8. The lowest BCUT2D eigenvalue weighted by atomic mass is 10.5. The highest BCUT2D eigenvalue weighted by atomic mass is 31.2. The summed E-state index contributed by atoms with van der Waals surface area (Å²) >= 11 is 0. The number of hydrogen-bond acceptors (Lipinski definition) is 7. The molecule has 0 saturated carbocycles. The first kappa shape index (κ1) is 20.7. The molecule has 0 amide bonds. The largest absolute Gasteiger partial charge is 0.870 e. The summed E-state index contributed by atoms with van der Waals surface area (Å²) in [6, 6.07) is 0. The van der Waals surface area contributed by atoms with Gasteiger partial charge in [0.15, 0.2) is 0 Å². The zero-order valence-electron chi connectivity index (χ0n) is 12.9. The molecular weight excluding hydrogens is 317 g/mol. The summed E-state index contributed by atoms with van der Waals surface area (Å²) in [7, 11) is 1.48. The van der Waals surface area contributed by atoms with Crippen LogP contribution in [-0.4, -0.2) is 71.1 Å². The van der Waals surface area contributed by atoms with Crippen molar-refractivity contribution in [3.63, 3.8) is 0 Å². The number of ether oxygens (including phenoxy) is 1. The normalized spacial score (nSPS) is 15.5. The van der Waals surface area contributed by atoms with Crippen molar-refractivity contribution < 1.29 is 38.0 Å². The van der Waals surface area contributed by atoms with Crippen LogP contribution in [0.1, 0.15) is 6.92 Å². The summed E-state index contributed by atoms with van der Waals surface area (Å²) in [6.45, 7) is 1.89. The number of likely N-dealkylation sites (N-methyl/N-ethyl adjacent to an activating group) is 1. The van der Waals surface area contributed by atoms with Crippen molar-refractivity contribution in [2.45, 2.75) is 13.2 Å². The third-order valence-electron chi connectivity index (χ3n) is 2.28. The molecular formula is C11H22N3O7P. The first-order valence-corrected chi connectivity index (χ1v) is 7.74. The number of aromatic nitrogens is 2. The third-order valence-corrected chi connectivity index (χ3v) is 3.35. The smallest absolute Gasteiger partial charge is 0.475 e. The van der Waals surface area contributed by atoms with E-state index in [2.05, 4.69) is 4.98 Å². The van der Waals surface area contributed by atoms with Gasteiger partial charge in [0.25, 0.3) is 0 Å². The minimum atomic E-state index is -4.28. The number of nitrogens with zero attached hydrogens (tertiary/aromatic N) is 3. The topological polar surface area (TPSA) is 130 Å². The van der Waals surface area contributed by atoms with Crippen LogP contribution in [0.5, 0.6) is 0 Å². The van der Waals surface area contributed by atoms with Gasteiger partial charge in [-0.2, -0.15) is 0 Å². The second-order valence-corrected chi connectivity index (χ2v) is 6.75. The summed E-state index contributed by atoms with van der Waals surface area (Å²) in [5, 5.41) is 0. The number of phosphoric ester groups is 1. The number of carbonyl (C=O) groups is 1. The van der Waals surface area contributed by atoms with Crippen molar-refractivity contribution in [2.24, 2.45) is 0 Å². The van der Waals surface area contributed by atoms with Crippen LogP contribution in [-0.2, 0) is 18.3 Å². The van der Waals surface area contributed by atoms with Crippen molar-refractivity contribution in [3.8, 4) is 0 Å². The second-order valence-electron chi connectivity index (χ2n) is 5.34. The van der Waals surface area contributed by atoms with E-state index in [4.69, 9.17) is 13.8 Å². The molecule has 0 aliphatic carbocycles. The highest BCUT2D eigenvalue weighted by molar-refractivity contribution is 7.47. The molecule has 128 valence electrons. The summed E-state index contributed by atoms with van der Waals surface area (Å²) in [6.07, 6.45) is 2.01. The van der Waals surface area contributed by atoms with Crippen molar-refractivity contribution in [3.05, 3.63) is 18.7 Å². The zero-order chi connectivity index (χ0) is 16.1. The van der Waals surface area contributed by atoms with E-state index in [-0.39, 0.29) is 12.1 Å². The molecule has 10 nitrogen and oxygen atoms in total. The Kier molecular flexibility index (Phi) is 7.88. The maximum Gasteiger partial charge on any atom is 0.475 e. The Balaban J connectivity index is 0.00000441. The molecule has 1 aromatic heterocycles. The van der Waals surface area contributed by atoms with Crippen LogP contribution in [0.3, 0.4) is 0 Å². The second kappa shape index (κ2) is 8.37. The van der Waals surface area contributed by atoms with E-state index in [1.165, 1.54) is 25.6 Å². The van der Waals surface area contributed by atoms with Gasteiger partial charge in [0, 0.05) is 12.4 Å². The van der Waals surface area contributed by atoms with Gasteiger partial charge < -0.3 is 19.6 Å². The first-order chi connectivity index (χ1) is 9.59. The van der Waals surface area contributed by atoms with Gasteiger partial charge in [-0.25, -0.2) is 23.4 Å². The number of quaternary nitrogens is 1. The maximum absolute atomic E-state index is 11.7. The summed E-state index contributed by atoms with van der Waals surface area (Å²) in [5.41, 5.74) is 0. The van der Waals surface area contributed by atoms with Crippen LogP contribution < -0.4 is 0 Å². The van der Waals surface area contributed by atoms with E-state index in [0.29, 0.717) is 11.0 Å². The molecule has 0 aliphatic heterocycles. The number of hydrogen-bond donors (Lipinski definition) is 1. The van der Waals surface area contributed by atoms with Crippen molar-refractivity contribution in [2.75, 3.05) is 34.3 Å². The minimum Gasteiger partial charge on any atom is -0.870 e. The molecule has 0 radical (unpaired) electrons. The summed E-state index contributed by atoms with van der Waals surface area (Å²) in [5.74, 6) is 0. The van der Waals surface area contributed by atoms with E-state index < -0.39 is 20.2 Å².